The van der Waals surface area contributed by atoms with E-state index in [-0.39, 0.29) is 28.3 Å². The summed E-state index contributed by atoms with van der Waals surface area (Å²) in [5, 5.41) is 5.83. The van der Waals surface area contributed by atoms with E-state index in [1.807, 2.05) is 0 Å². The standard InChI is InChI=1S/C17H20FN3O3S2.ClH/c1-12(22)20-10-15-5-6-17(25-15)26(23,24)21-8-7-19-11-16(21)13-3-2-4-14(18)9-13;/h2-6,9,16,19H,7-8,10-11H2,1H3,(H,20,22);1H. The molecule has 2 aromatic rings. The van der Waals surface area contributed by atoms with Crippen molar-refractivity contribution >= 4 is 39.7 Å². The summed E-state index contributed by atoms with van der Waals surface area (Å²) < 4.78 is 41.5. The summed E-state index contributed by atoms with van der Waals surface area (Å²) in [6.07, 6.45) is 0. The number of thiophene rings is 1. The fraction of sp³-hybridized carbons (Fsp3) is 0.353. The maximum atomic E-state index is 13.6. The van der Waals surface area contributed by atoms with E-state index in [1.165, 1.54) is 23.4 Å². The number of nitrogens with one attached hydrogen (secondary N) is 2. The molecule has 148 valence electrons. The van der Waals surface area contributed by atoms with E-state index in [2.05, 4.69) is 10.6 Å². The highest BCUT2D eigenvalue weighted by Crippen LogP contribution is 2.32. The van der Waals surface area contributed by atoms with Gasteiger partial charge in [-0.05, 0) is 29.8 Å². The molecule has 1 unspecified atom stereocenters. The van der Waals surface area contributed by atoms with Crippen LogP contribution in [0.4, 0.5) is 4.39 Å². The lowest BCUT2D eigenvalue weighted by molar-refractivity contribution is -0.119. The van der Waals surface area contributed by atoms with Gasteiger partial charge < -0.3 is 10.6 Å². The Morgan fingerprint density at radius 3 is 2.85 bits per heavy atom. The van der Waals surface area contributed by atoms with Crippen molar-refractivity contribution in [3.05, 3.63) is 52.7 Å². The van der Waals surface area contributed by atoms with Crippen molar-refractivity contribution in [1.29, 1.82) is 0 Å². The lowest BCUT2D eigenvalue weighted by Gasteiger charge is -2.35. The van der Waals surface area contributed by atoms with E-state index < -0.39 is 16.1 Å². The highest BCUT2D eigenvalue weighted by molar-refractivity contribution is 7.91. The first-order chi connectivity index (χ1) is 12.4. The minimum Gasteiger partial charge on any atom is -0.351 e. The van der Waals surface area contributed by atoms with Crippen LogP contribution in [0.1, 0.15) is 23.4 Å². The van der Waals surface area contributed by atoms with Gasteiger partial charge in [-0.25, -0.2) is 12.8 Å². The van der Waals surface area contributed by atoms with Crippen LogP contribution in [0.25, 0.3) is 0 Å². The Bertz CT molecular complexity index is 904. The molecule has 10 heteroatoms. The number of carbonyl (C=O) groups is 1. The first-order valence-corrected chi connectivity index (χ1v) is 10.4. The highest BCUT2D eigenvalue weighted by atomic mass is 35.5. The lowest BCUT2D eigenvalue weighted by atomic mass is 10.1. The molecule has 0 saturated carbocycles. The highest BCUT2D eigenvalue weighted by Gasteiger charge is 2.35. The molecule has 0 radical (unpaired) electrons. The van der Waals surface area contributed by atoms with Crippen LogP contribution in [0.2, 0.25) is 0 Å². The Morgan fingerprint density at radius 2 is 2.15 bits per heavy atom. The number of nitrogens with zero attached hydrogens (tertiary/aromatic N) is 1. The summed E-state index contributed by atoms with van der Waals surface area (Å²) in [6, 6.07) is 8.82. The molecule has 6 nitrogen and oxygen atoms in total. The number of rotatable bonds is 5. The zero-order chi connectivity index (χ0) is 18.7. The van der Waals surface area contributed by atoms with Crippen molar-refractivity contribution < 1.29 is 17.6 Å². The molecule has 0 aliphatic carbocycles. The summed E-state index contributed by atoms with van der Waals surface area (Å²) in [5.41, 5.74) is 0.621. The molecule has 1 saturated heterocycles. The number of hydrogen-bond donors (Lipinski definition) is 2. The number of halogens is 2. The van der Waals surface area contributed by atoms with Crippen LogP contribution in [-0.4, -0.2) is 38.3 Å². The Morgan fingerprint density at radius 1 is 1.37 bits per heavy atom. The van der Waals surface area contributed by atoms with Crippen LogP contribution in [0, 0.1) is 5.82 Å². The minimum atomic E-state index is -3.71. The number of hydrogen-bond acceptors (Lipinski definition) is 5. The number of carbonyl (C=O) groups excluding carboxylic acids is 1. The van der Waals surface area contributed by atoms with E-state index in [0.717, 1.165) is 16.2 Å². The second-order valence-electron chi connectivity index (χ2n) is 6.02. The zero-order valence-electron chi connectivity index (χ0n) is 14.6. The molecule has 2 N–H and O–H groups in total. The maximum Gasteiger partial charge on any atom is 0.253 e. The van der Waals surface area contributed by atoms with Crippen LogP contribution < -0.4 is 10.6 Å². The van der Waals surface area contributed by atoms with Gasteiger partial charge in [-0.2, -0.15) is 4.31 Å². The Balaban J connectivity index is 0.00000261. The molecule has 1 atom stereocenters. The van der Waals surface area contributed by atoms with Crippen molar-refractivity contribution in [1.82, 2.24) is 14.9 Å². The van der Waals surface area contributed by atoms with Gasteiger partial charge >= 0.3 is 0 Å². The molecule has 2 heterocycles. The van der Waals surface area contributed by atoms with Crippen LogP contribution in [0.3, 0.4) is 0 Å². The fourth-order valence-corrected chi connectivity index (χ4v) is 5.93. The normalized spacial score (nSPS) is 17.9. The summed E-state index contributed by atoms with van der Waals surface area (Å²) in [7, 11) is -3.71. The predicted octanol–water partition coefficient (Wildman–Crippen LogP) is 2.28. The molecule has 1 fully saturated rings. The molecular weight excluding hydrogens is 413 g/mol. The number of amides is 1. The largest absolute Gasteiger partial charge is 0.351 e. The number of sulfonamides is 1. The third kappa shape index (κ3) is 5.05. The zero-order valence-corrected chi connectivity index (χ0v) is 17.1. The van der Waals surface area contributed by atoms with Gasteiger partial charge in [0.25, 0.3) is 10.0 Å². The van der Waals surface area contributed by atoms with Gasteiger partial charge in [0.2, 0.25) is 5.91 Å². The summed E-state index contributed by atoms with van der Waals surface area (Å²) in [4.78, 5) is 11.8. The molecule has 1 amide bonds. The second-order valence-corrected chi connectivity index (χ2v) is 9.31. The molecule has 1 aliphatic heterocycles. The average molecular weight is 434 g/mol. The monoisotopic (exact) mass is 433 g/mol. The van der Waals surface area contributed by atoms with Gasteiger partial charge in [0, 0.05) is 31.4 Å². The van der Waals surface area contributed by atoms with Gasteiger partial charge in [-0.15, -0.1) is 23.7 Å². The van der Waals surface area contributed by atoms with Gasteiger partial charge in [0.15, 0.2) is 0 Å². The second kappa shape index (κ2) is 9.11. The topological polar surface area (TPSA) is 78.5 Å². The van der Waals surface area contributed by atoms with E-state index in [4.69, 9.17) is 0 Å². The molecule has 0 bridgehead atoms. The van der Waals surface area contributed by atoms with Crippen LogP contribution in [0.15, 0.2) is 40.6 Å². The third-order valence-electron chi connectivity index (χ3n) is 4.14. The van der Waals surface area contributed by atoms with Crippen LogP contribution >= 0.6 is 23.7 Å². The maximum absolute atomic E-state index is 13.6. The molecule has 27 heavy (non-hydrogen) atoms. The van der Waals surface area contributed by atoms with E-state index >= 15 is 0 Å². The Hall–Kier alpha value is -1.52. The molecule has 3 rings (SSSR count). The van der Waals surface area contributed by atoms with Crippen molar-refractivity contribution in [3.8, 4) is 0 Å². The first-order valence-electron chi connectivity index (χ1n) is 8.19. The molecule has 1 aromatic heterocycles. The third-order valence-corrected chi connectivity index (χ3v) is 7.60. The van der Waals surface area contributed by atoms with E-state index in [9.17, 15) is 17.6 Å². The summed E-state index contributed by atoms with van der Waals surface area (Å²) in [5.74, 6) is -0.560. The van der Waals surface area contributed by atoms with Crippen molar-refractivity contribution in [3.63, 3.8) is 0 Å². The van der Waals surface area contributed by atoms with E-state index in [1.54, 1.807) is 24.3 Å². The van der Waals surface area contributed by atoms with Crippen molar-refractivity contribution in [2.24, 2.45) is 0 Å². The quantitative estimate of drug-likeness (QED) is 0.758. The van der Waals surface area contributed by atoms with Gasteiger partial charge in [0.05, 0.1) is 12.6 Å². The van der Waals surface area contributed by atoms with Gasteiger partial charge in [0.1, 0.15) is 10.0 Å². The Labute approximate surface area is 168 Å². The fourth-order valence-electron chi connectivity index (χ4n) is 2.89. The SMILES string of the molecule is CC(=O)NCc1ccc(S(=O)(=O)N2CCNCC2c2cccc(F)c2)s1.Cl. The van der Waals surface area contributed by atoms with Crippen LogP contribution in [0.5, 0.6) is 0 Å². The van der Waals surface area contributed by atoms with Gasteiger partial charge in [-0.1, -0.05) is 12.1 Å². The predicted molar refractivity (Wildman–Crippen MR) is 105 cm³/mol. The van der Waals surface area contributed by atoms with Crippen molar-refractivity contribution in [2.75, 3.05) is 19.6 Å². The smallest absolute Gasteiger partial charge is 0.253 e. The molecule has 1 aliphatic rings. The van der Waals surface area contributed by atoms with Crippen LogP contribution in [-0.2, 0) is 21.4 Å². The first kappa shape index (κ1) is 21.8. The number of piperazine rings is 1. The lowest BCUT2D eigenvalue weighted by Crippen LogP contribution is -2.48. The minimum absolute atomic E-state index is 0. The Kier molecular flexibility index (Phi) is 7.35. The van der Waals surface area contributed by atoms with Gasteiger partial charge in [-0.3, -0.25) is 4.79 Å². The molecule has 1 aromatic carbocycles. The molecular formula is C17H21ClFN3O3S2. The van der Waals surface area contributed by atoms with Crippen molar-refractivity contribution in [2.45, 2.75) is 23.7 Å². The molecule has 0 spiro atoms. The summed E-state index contributed by atoms with van der Waals surface area (Å²) >= 11 is 1.14. The van der Waals surface area contributed by atoms with E-state index in [0.29, 0.717) is 31.7 Å². The average Bonchev–Trinajstić information content (AvgIpc) is 3.10. The summed E-state index contributed by atoms with van der Waals surface area (Å²) in [6.45, 7) is 2.98. The number of benzene rings is 1.